The molecule has 7 heteroatoms. The number of likely N-dealkylation sites (N-methyl/N-ethyl adjacent to an activating group) is 1. The molecule has 0 radical (unpaired) electrons. The number of amides is 3. The van der Waals surface area contributed by atoms with Crippen LogP contribution in [0.5, 0.6) is 0 Å². The highest BCUT2D eigenvalue weighted by Gasteiger charge is 2.36. The monoisotopic (exact) mass is 461 g/mol. The van der Waals surface area contributed by atoms with Crippen molar-refractivity contribution in [2.45, 2.75) is 33.2 Å². The second-order valence-electron chi connectivity index (χ2n) is 9.00. The highest BCUT2D eigenvalue weighted by atomic mass is 32.2. The molecule has 3 amide bonds. The van der Waals surface area contributed by atoms with Gasteiger partial charge in [0.25, 0.3) is 11.1 Å². The first-order valence-electron chi connectivity index (χ1n) is 10.7. The summed E-state index contributed by atoms with van der Waals surface area (Å²) in [6.07, 6.45) is 3.94. The highest BCUT2D eigenvalue weighted by molar-refractivity contribution is 8.18. The van der Waals surface area contributed by atoms with Gasteiger partial charge in [0.2, 0.25) is 5.91 Å². The third kappa shape index (κ3) is 4.59. The van der Waals surface area contributed by atoms with Gasteiger partial charge < -0.3 is 10.2 Å². The summed E-state index contributed by atoms with van der Waals surface area (Å²) in [5.41, 5.74) is 5.85. The van der Waals surface area contributed by atoms with E-state index < -0.39 is 17.1 Å². The van der Waals surface area contributed by atoms with Gasteiger partial charge in [-0.2, -0.15) is 0 Å². The van der Waals surface area contributed by atoms with Crippen LogP contribution in [0, 0.1) is 6.92 Å². The molecule has 0 spiro atoms. The fraction of sp³-hybridized carbons (Fsp3) is 0.269. The summed E-state index contributed by atoms with van der Waals surface area (Å²) in [7, 11) is 2.06. The lowest BCUT2D eigenvalue weighted by Gasteiger charge is -2.40. The number of rotatable bonds is 4. The second-order valence-corrected chi connectivity index (χ2v) is 9.99. The van der Waals surface area contributed by atoms with Gasteiger partial charge >= 0.3 is 0 Å². The number of anilines is 2. The number of imide groups is 1. The number of carbonyl (C=O) groups is 3. The molecule has 0 atom stereocenters. The fourth-order valence-electron chi connectivity index (χ4n) is 4.04. The number of fused-ring (bicyclic) bond motifs is 1. The Bertz CT molecular complexity index is 1210. The molecule has 1 saturated heterocycles. The zero-order valence-corrected chi connectivity index (χ0v) is 20.2. The van der Waals surface area contributed by atoms with Gasteiger partial charge in [0, 0.05) is 24.0 Å². The molecule has 2 aromatic carbocycles. The van der Waals surface area contributed by atoms with Crippen LogP contribution < -0.4 is 10.2 Å². The molecular formula is C26H27N3O3S. The SMILES string of the molecule is CC1=CC(C)(C)N(C)c2ccc(/C=C3\SC(=O)N(CC(=O)Nc4ccc(C)cc4)C3=O)cc21. The summed E-state index contributed by atoms with van der Waals surface area (Å²) in [6, 6.07) is 13.4. The molecule has 0 aliphatic carbocycles. The summed E-state index contributed by atoms with van der Waals surface area (Å²) in [5, 5.41) is 2.28. The molecule has 2 aliphatic rings. The Kier molecular flexibility index (Phi) is 5.93. The first-order chi connectivity index (χ1) is 15.5. The summed E-state index contributed by atoms with van der Waals surface area (Å²) >= 11 is 0.859. The van der Waals surface area contributed by atoms with Crippen LogP contribution in [0.4, 0.5) is 16.2 Å². The van der Waals surface area contributed by atoms with Crippen LogP contribution in [0.2, 0.25) is 0 Å². The van der Waals surface area contributed by atoms with Crippen LogP contribution in [0.3, 0.4) is 0 Å². The molecule has 0 saturated carbocycles. The Hall–Kier alpha value is -3.32. The molecule has 6 nitrogen and oxygen atoms in total. The number of aryl methyl sites for hydroxylation is 1. The van der Waals surface area contributed by atoms with E-state index in [1.807, 2.05) is 37.3 Å². The van der Waals surface area contributed by atoms with Gasteiger partial charge in [-0.05, 0) is 80.9 Å². The summed E-state index contributed by atoms with van der Waals surface area (Å²) in [4.78, 5) is 41.2. The van der Waals surface area contributed by atoms with Crippen molar-refractivity contribution in [1.82, 2.24) is 4.90 Å². The van der Waals surface area contributed by atoms with Gasteiger partial charge in [0.05, 0.1) is 10.4 Å². The van der Waals surface area contributed by atoms with Gasteiger partial charge in [-0.3, -0.25) is 19.3 Å². The average molecular weight is 462 g/mol. The van der Waals surface area contributed by atoms with Crippen molar-refractivity contribution < 1.29 is 14.4 Å². The van der Waals surface area contributed by atoms with Crippen LogP contribution in [0.15, 0.2) is 53.4 Å². The maximum atomic E-state index is 12.9. The standard InChI is InChI=1S/C26H27N3O3S/c1-16-6-9-19(10-7-16)27-23(30)15-29-24(31)22(33-25(29)32)13-18-8-11-21-20(12-18)17(2)14-26(3,4)28(21)5/h6-14H,15H2,1-5H3,(H,27,30)/b22-13-. The third-order valence-electron chi connectivity index (χ3n) is 6.05. The van der Waals surface area contributed by atoms with E-state index in [4.69, 9.17) is 0 Å². The number of nitrogens with one attached hydrogen (secondary N) is 1. The van der Waals surface area contributed by atoms with Crippen LogP contribution in [0.25, 0.3) is 11.6 Å². The normalized spacial score (nSPS) is 18.5. The van der Waals surface area contributed by atoms with Crippen molar-refractivity contribution in [3.8, 4) is 0 Å². The van der Waals surface area contributed by atoms with Crippen molar-refractivity contribution in [3.63, 3.8) is 0 Å². The zero-order chi connectivity index (χ0) is 23.9. The molecule has 2 aliphatic heterocycles. The van der Waals surface area contributed by atoms with Crippen LogP contribution in [0.1, 0.15) is 37.5 Å². The number of hydrogen-bond acceptors (Lipinski definition) is 5. The van der Waals surface area contributed by atoms with Crippen LogP contribution in [-0.2, 0) is 9.59 Å². The van der Waals surface area contributed by atoms with Gasteiger partial charge in [0.15, 0.2) is 0 Å². The Labute approximate surface area is 198 Å². The molecule has 0 unspecified atom stereocenters. The van der Waals surface area contributed by atoms with Crippen molar-refractivity contribution in [2.75, 3.05) is 23.8 Å². The Morgan fingerprint density at radius 1 is 1.09 bits per heavy atom. The van der Waals surface area contributed by atoms with E-state index in [0.717, 1.165) is 39.0 Å². The smallest absolute Gasteiger partial charge is 0.294 e. The van der Waals surface area contributed by atoms with Crippen molar-refractivity contribution in [1.29, 1.82) is 0 Å². The Morgan fingerprint density at radius 3 is 2.48 bits per heavy atom. The minimum atomic E-state index is -0.452. The predicted octanol–water partition coefficient (Wildman–Crippen LogP) is 5.30. The lowest BCUT2D eigenvalue weighted by molar-refractivity contribution is -0.127. The predicted molar refractivity (Wildman–Crippen MR) is 135 cm³/mol. The molecule has 2 aromatic rings. The third-order valence-corrected chi connectivity index (χ3v) is 6.96. The molecule has 0 bridgehead atoms. The fourth-order valence-corrected chi connectivity index (χ4v) is 4.87. The largest absolute Gasteiger partial charge is 0.366 e. The van der Waals surface area contributed by atoms with Gasteiger partial charge in [-0.1, -0.05) is 29.8 Å². The summed E-state index contributed by atoms with van der Waals surface area (Å²) < 4.78 is 0. The molecule has 2 heterocycles. The van der Waals surface area contributed by atoms with Crippen molar-refractivity contribution in [3.05, 3.63) is 70.1 Å². The molecule has 33 heavy (non-hydrogen) atoms. The molecule has 1 N–H and O–H groups in total. The minimum Gasteiger partial charge on any atom is -0.366 e. The topological polar surface area (TPSA) is 69.7 Å². The van der Waals surface area contributed by atoms with E-state index in [2.05, 4.69) is 44.1 Å². The van der Waals surface area contributed by atoms with Crippen LogP contribution >= 0.6 is 11.8 Å². The lowest BCUT2D eigenvalue weighted by atomic mass is 9.88. The number of allylic oxidation sites excluding steroid dienone is 1. The van der Waals surface area contributed by atoms with Crippen molar-refractivity contribution >= 4 is 51.8 Å². The Morgan fingerprint density at radius 2 is 1.79 bits per heavy atom. The zero-order valence-electron chi connectivity index (χ0n) is 19.4. The quantitative estimate of drug-likeness (QED) is 0.626. The first-order valence-corrected chi connectivity index (χ1v) is 11.6. The van der Waals surface area contributed by atoms with E-state index in [0.29, 0.717) is 10.6 Å². The lowest BCUT2D eigenvalue weighted by Crippen LogP contribution is -2.42. The maximum absolute atomic E-state index is 12.9. The molecule has 1 fully saturated rings. The van der Waals surface area contributed by atoms with E-state index >= 15 is 0 Å². The van der Waals surface area contributed by atoms with Crippen molar-refractivity contribution in [2.24, 2.45) is 0 Å². The van der Waals surface area contributed by atoms with Gasteiger partial charge in [-0.25, -0.2) is 0 Å². The highest BCUT2D eigenvalue weighted by Crippen LogP contribution is 2.39. The number of hydrogen-bond donors (Lipinski definition) is 1. The summed E-state index contributed by atoms with van der Waals surface area (Å²) in [6.45, 7) is 8.05. The molecular weight excluding hydrogens is 434 g/mol. The van der Waals surface area contributed by atoms with E-state index in [1.165, 1.54) is 5.57 Å². The number of thioether (sulfide) groups is 1. The summed E-state index contributed by atoms with van der Waals surface area (Å²) in [5.74, 6) is -0.866. The average Bonchev–Trinajstić information content (AvgIpc) is 3.01. The molecule has 0 aromatic heterocycles. The minimum absolute atomic E-state index is 0.0829. The molecule has 170 valence electrons. The van der Waals surface area contributed by atoms with E-state index in [9.17, 15) is 14.4 Å². The van der Waals surface area contributed by atoms with E-state index in [1.54, 1.807) is 18.2 Å². The second kappa shape index (κ2) is 8.56. The maximum Gasteiger partial charge on any atom is 0.294 e. The molecule has 4 rings (SSSR count). The first kappa shape index (κ1) is 22.9. The van der Waals surface area contributed by atoms with E-state index in [-0.39, 0.29) is 12.1 Å². The number of benzene rings is 2. The number of carbonyl (C=O) groups excluding carboxylic acids is 3. The van der Waals surface area contributed by atoms with Crippen LogP contribution in [-0.4, -0.2) is 41.1 Å². The Balaban J connectivity index is 1.51. The van der Waals surface area contributed by atoms with Gasteiger partial charge in [0.1, 0.15) is 6.54 Å². The number of nitrogens with zero attached hydrogens (tertiary/aromatic N) is 2. The van der Waals surface area contributed by atoms with Gasteiger partial charge in [-0.15, -0.1) is 0 Å².